The van der Waals surface area contributed by atoms with Crippen molar-refractivity contribution in [3.05, 3.63) is 64.7 Å². The SMILES string of the molecule is NCC#Cc1cccc(NC(=O)Cc2cccc(Cl)c2)c1. The van der Waals surface area contributed by atoms with E-state index in [1.165, 1.54) is 0 Å². The monoisotopic (exact) mass is 298 g/mol. The molecule has 0 fully saturated rings. The number of amides is 1. The molecule has 2 rings (SSSR count). The summed E-state index contributed by atoms with van der Waals surface area (Å²) in [5.74, 6) is 5.62. The maximum atomic E-state index is 12.0. The van der Waals surface area contributed by atoms with E-state index in [1.807, 2.05) is 36.4 Å². The Morgan fingerprint density at radius 1 is 1.19 bits per heavy atom. The Labute approximate surface area is 129 Å². The van der Waals surface area contributed by atoms with Gasteiger partial charge in [-0.25, -0.2) is 0 Å². The summed E-state index contributed by atoms with van der Waals surface area (Å²) in [5, 5.41) is 3.47. The molecule has 4 heteroatoms. The molecular weight excluding hydrogens is 284 g/mol. The van der Waals surface area contributed by atoms with Gasteiger partial charge in [0, 0.05) is 16.3 Å². The van der Waals surface area contributed by atoms with Crippen LogP contribution < -0.4 is 11.1 Å². The quantitative estimate of drug-likeness (QED) is 0.856. The molecule has 3 nitrogen and oxygen atoms in total. The highest BCUT2D eigenvalue weighted by molar-refractivity contribution is 6.30. The molecule has 21 heavy (non-hydrogen) atoms. The van der Waals surface area contributed by atoms with Gasteiger partial charge < -0.3 is 11.1 Å². The molecule has 2 aromatic carbocycles. The molecule has 0 radical (unpaired) electrons. The van der Waals surface area contributed by atoms with Gasteiger partial charge in [0.2, 0.25) is 5.91 Å². The molecule has 0 saturated carbocycles. The van der Waals surface area contributed by atoms with Crippen molar-refractivity contribution in [2.75, 3.05) is 11.9 Å². The van der Waals surface area contributed by atoms with Crippen molar-refractivity contribution in [1.29, 1.82) is 0 Å². The first-order valence-electron chi connectivity index (χ1n) is 6.50. The Bertz CT molecular complexity index is 701. The van der Waals surface area contributed by atoms with Crippen LogP contribution in [0.5, 0.6) is 0 Å². The zero-order valence-corrected chi connectivity index (χ0v) is 12.2. The first-order chi connectivity index (χ1) is 10.2. The normalized spacial score (nSPS) is 9.62. The predicted octanol–water partition coefficient (Wildman–Crippen LogP) is 2.83. The van der Waals surface area contributed by atoms with E-state index in [-0.39, 0.29) is 12.3 Å². The third-order valence-corrected chi connectivity index (χ3v) is 2.97. The van der Waals surface area contributed by atoms with E-state index in [4.69, 9.17) is 17.3 Å². The maximum Gasteiger partial charge on any atom is 0.228 e. The van der Waals surface area contributed by atoms with Crippen molar-refractivity contribution < 1.29 is 4.79 Å². The smallest absolute Gasteiger partial charge is 0.228 e. The number of nitrogens with two attached hydrogens (primary N) is 1. The van der Waals surface area contributed by atoms with Gasteiger partial charge in [-0.15, -0.1) is 0 Å². The Morgan fingerprint density at radius 2 is 2.00 bits per heavy atom. The molecule has 0 aromatic heterocycles. The maximum absolute atomic E-state index is 12.0. The lowest BCUT2D eigenvalue weighted by Gasteiger charge is -2.06. The highest BCUT2D eigenvalue weighted by Crippen LogP contribution is 2.13. The van der Waals surface area contributed by atoms with E-state index in [1.54, 1.807) is 12.1 Å². The number of anilines is 1. The van der Waals surface area contributed by atoms with Crippen molar-refractivity contribution in [2.45, 2.75) is 6.42 Å². The second kappa shape index (κ2) is 7.49. The van der Waals surface area contributed by atoms with Crippen LogP contribution >= 0.6 is 11.6 Å². The standard InChI is InChI=1S/C17H15ClN2O/c18-15-7-1-5-14(10-15)12-17(21)20-16-8-2-4-13(11-16)6-3-9-19/h1-2,4-5,7-8,10-11H,9,12,19H2,(H,20,21). The minimum Gasteiger partial charge on any atom is -0.326 e. The van der Waals surface area contributed by atoms with Gasteiger partial charge in [-0.1, -0.05) is 41.6 Å². The molecule has 106 valence electrons. The van der Waals surface area contributed by atoms with Crippen molar-refractivity contribution in [3.63, 3.8) is 0 Å². The molecule has 0 aliphatic heterocycles. The van der Waals surface area contributed by atoms with Crippen LogP contribution in [0.4, 0.5) is 5.69 Å². The molecule has 0 aliphatic rings. The topological polar surface area (TPSA) is 55.1 Å². The lowest BCUT2D eigenvalue weighted by Crippen LogP contribution is -2.14. The van der Waals surface area contributed by atoms with E-state index in [9.17, 15) is 4.79 Å². The molecule has 0 aliphatic carbocycles. The van der Waals surface area contributed by atoms with E-state index in [0.29, 0.717) is 17.3 Å². The highest BCUT2D eigenvalue weighted by atomic mass is 35.5. The molecule has 0 atom stereocenters. The van der Waals surface area contributed by atoms with Gasteiger partial charge in [0.15, 0.2) is 0 Å². The van der Waals surface area contributed by atoms with E-state index >= 15 is 0 Å². The number of nitrogens with one attached hydrogen (secondary N) is 1. The van der Waals surface area contributed by atoms with Crippen LogP contribution in [0.25, 0.3) is 0 Å². The molecule has 1 amide bonds. The van der Waals surface area contributed by atoms with Crippen LogP contribution in [-0.2, 0) is 11.2 Å². The van der Waals surface area contributed by atoms with Crippen LogP contribution in [0.2, 0.25) is 5.02 Å². The summed E-state index contributed by atoms with van der Waals surface area (Å²) in [5.41, 5.74) is 7.75. The third-order valence-electron chi connectivity index (χ3n) is 2.73. The Balaban J connectivity index is 2.02. The number of carbonyl (C=O) groups excluding carboxylic acids is 1. The Hall–Kier alpha value is -2.28. The van der Waals surface area contributed by atoms with Crippen molar-refractivity contribution in [3.8, 4) is 11.8 Å². The second-order valence-electron chi connectivity index (χ2n) is 4.44. The predicted molar refractivity (Wildman–Crippen MR) is 86.2 cm³/mol. The minimum absolute atomic E-state index is 0.0961. The lowest BCUT2D eigenvalue weighted by atomic mass is 10.1. The van der Waals surface area contributed by atoms with Gasteiger partial charge in [-0.05, 0) is 35.9 Å². The minimum atomic E-state index is -0.0961. The van der Waals surface area contributed by atoms with Gasteiger partial charge in [0.1, 0.15) is 0 Å². The average Bonchev–Trinajstić information content (AvgIpc) is 2.45. The Morgan fingerprint density at radius 3 is 2.76 bits per heavy atom. The molecule has 0 spiro atoms. The summed E-state index contributed by atoms with van der Waals surface area (Å²) in [6.07, 6.45) is 0.277. The molecular formula is C17H15ClN2O. The summed E-state index contributed by atoms with van der Waals surface area (Å²) in [6, 6.07) is 14.6. The van der Waals surface area contributed by atoms with Crippen LogP contribution in [0.1, 0.15) is 11.1 Å². The van der Waals surface area contributed by atoms with Gasteiger partial charge in [-0.3, -0.25) is 4.79 Å². The molecule has 0 unspecified atom stereocenters. The van der Waals surface area contributed by atoms with Gasteiger partial charge in [-0.2, -0.15) is 0 Å². The molecule has 0 saturated heterocycles. The fourth-order valence-electron chi connectivity index (χ4n) is 1.87. The highest BCUT2D eigenvalue weighted by Gasteiger charge is 2.04. The van der Waals surface area contributed by atoms with Crippen LogP contribution in [0.15, 0.2) is 48.5 Å². The van der Waals surface area contributed by atoms with Crippen LogP contribution in [0.3, 0.4) is 0 Å². The molecule has 3 N–H and O–H groups in total. The van der Waals surface area contributed by atoms with Crippen molar-refractivity contribution in [2.24, 2.45) is 5.73 Å². The number of halogens is 1. The number of rotatable bonds is 3. The first-order valence-corrected chi connectivity index (χ1v) is 6.88. The lowest BCUT2D eigenvalue weighted by molar-refractivity contribution is -0.115. The van der Waals surface area contributed by atoms with Crippen LogP contribution in [0, 0.1) is 11.8 Å². The summed E-state index contributed by atoms with van der Waals surface area (Å²) in [4.78, 5) is 12.0. The summed E-state index contributed by atoms with van der Waals surface area (Å²) >= 11 is 5.90. The number of carbonyl (C=O) groups is 1. The number of hydrogen-bond acceptors (Lipinski definition) is 2. The molecule has 0 bridgehead atoms. The first kappa shape index (κ1) is 15.1. The summed E-state index contributed by atoms with van der Waals surface area (Å²) < 4.78 is 0. The second-order valence-corrected chi connectivity index (χ2v) is 4.88. The van der Waals surface area contributed by atoms with Crippen LogP contribution in [-0.4, -0.2) is 12.5 Å². The third kappa shape index (κ3) is 4.96. The van der Waals surface area contributed by atoms with E-state index in [0.717, 1.165) is 11.1 Å². The van der Waals surface area contributed by atoms with E-state index in [2.05, 4.69) is 17.2 Å². The molecule has 2 aromatic rings. The fourth-order valence-corrected chi connectivity index (χ4v) is 2.08. The summed E-state index contributed by atoms with van der Waals surface area (Å²) in [7, 11) is 0. The van der Waals surface area contributed by atoms with Gasteiger partial charge in [0.25, 0.3) is 0 Å². The number of benzene rings is 2. The largest absolute Gasteiger partial charge is 0.326 e. The van der Waals surface area contributed by atoms with Crippen molar-refractivity contribution in [1.82, 2.24) is 0 Å². The fraction of sp³-hybridized carbons (Fsp3) is 0.118. The van der Waals surface area contributed by atoms with Gasteiger partial charge in [0.05, 0.1) is 13.0 Å². The zero-order chi connectivity index (χ0) is 15.1. The average molecular weight is 299 g/mol. The van der Waals surface area contributed by atoms with E-state index < -0.39 is 0 Å². The zero-order valence-electron chi connectivity index (χ0n) is 11.4. The molecule has 0 heterocycles. The Kier molecular flexibility index (Phi) is 5.39. The number of hydrogen-bond donors (Lipinski definition) is 2. The summed E-state index contributed by atoms with van der Waals surface area (Å²) in [6.45, 7) is 0.311. The van der Waals surface area contributed by atoms with Crippen molar-refractivity contribution >= 4 is 23.2 Å². The van der Waals surface area contributed by atoms with Gasteiger partial charge >= 0.3 is 0 Å².